The standard InChI is InChI=1S/C16H26N2O3/c1-11(18-16(3,4)5)15(20)10-21-14-8-6-13(7-9-14)17-12(2)19/h6-9,11,15,18,20H,10H2,1-5H3,(H,17,19). The van der Waals surface area contributed by atoms with Crippen molar-refractivity contribution in [2.24, 2.45) is 0 Å². The molecule has 0 heterocycles. The number of nitrogens with one attached hydrogen (secondary N) is 2. The van der Waals surface area contributed by atoms with Gasteiger partial charge in [0.2, 0.25) is 5.91 Å². The average Bonchev–Trinajstić information content (AvgIpc) is 2.34. The van der Waals surface area contributed by atoms with Crippen LogP contribution in [0.1, 0.15) is 34.6 Å². The van der Waals surface area contributed by atoms with Gasteiger partial charge in [0, 0.05) is 24.2 Å². The van der Waals surface area contributed by atoms with Crippen LogP contribution in [0, 0.1) is 0 Å². The molecule has 0 spiro atoms. The first-order valence-corrected chi connectivity index (χ1v) is 7.13. The van der Waals surface area contributed by atoms with E-state index < -0.39 is 6.10 Å². The van der Waals surface area contributed by atoms with Crippen LogP contribution in [0.2, 0.25) is 0 Å². The van der Waals surface area contributed by atoms with E-state index in [0.29, 0.717) is 5.75 Å². The van der Waals surface area contributed by atoms with Crippen molar-refractivity contribution in [3.05, 3.63) is 24.3 Å². The summed E-state index contributed by atoms with van der Waals surface area (Å²) in [5, 5.41) is 16.1. The van der Waals surface area contributed by atoms with Crippen LogP contribution in [0.4, 0.5) is 5.69 Å². The van der Waals surface area contributed by atoms with Gasteiger partial charge in [0.05, 0.1) is 0 Å². The molecule has 0 aliphatic carbocycles. The summed E-state index contributed by atoms with van der Waals surface area (Å²) in [5.41, 5.74) is 0.665. The maximum Gasteiger partial charge on any atom is 0.221 e. The van der Waals surface area contributed by atoms with Gasteiger partial charge in [-0.05, 0) is 52.0 Å². The predicted octanol–water partition coefficient (Wildman–Crippen LogP) is 2.16. The van der Waals surface area contributed by atoms with Crippen LogP contribution in [0.3, 0.4) is 0 Å². The topological polar surface area (TPSA) is 70.6 Å². The summed E-state index contributed by atoms with van der Waals surface area (Å²) in [7, 11) is 0. The van der Waals surface area contributed by atoms with Crippen LogP contribution in [0.5, 0.6) is 5.75 Å². The van der Waals surface area contributed by atoms with Gasteiger partial charge in [0.25, 0.3) is 0 Å². The van der Waals surface area contributed by atoms with Crippen molar-refractivity contribution in [1.29, 1.82) is 0 Å². The minimum atomic E-state index is -0.598. The van der Waals surface area contributed by atoms with E-state index in [1.165, 1.54) is 6.92 Å². The molecular formula is C16H26N2O3. The van der Waals surface area contributed by atoms with Crippen molar-refractivity contribution >= 4 is 11.6 Å². The number of ether oxygens (including phenoxy) is 1. The lowest BCUT2D eigenvalue weighted by Crippen LogP contribution is -2.49. The minimum Gasteiger partial charge on any atom is -0.491 e. The fraction of sp³-hybridized carbons (Fsp3) is 0.562. The Morgan fingerprint density at radius 1 is 1.29 bits per heavy atom. The third-order valence-corrected chi connectivity index (χ3v) is 2.83. The predicted molar refractivity (Wildman–Crippen MR) is 84.6 cm³/mol. The van der Waals surface area contributed by atoms with E-state index in [4.69, 9.17) is 4.74 Å². The van der Waals surface area contributed by atoms with Crippen molar-refractivity contribution in [2.75, 3.05) is 11.9 Å². The molecule has 0 aliphatic rings. The zero-order valence-corrected chi connectivity index (χ0v) is 13.4. The molecule has 0 aliphatic heterocycles. The number of rotatable bonds is 6. The molecule has 3 N–H and O–H groups in total. The highest BCUT2D eigenvalue weighted by molar-refractivity contribution is 5.88. The van der Waals surface area contributed by atoms with Gasteiger partial charge in [-0.2, -0.15) is 0 Å². The molecule has 0 radical (unpaired) electrons. The third kappa shape index (κ3) is 7.11. The Morgan fingerprint density at radius 3 is 2.33 bits per heavy atom. The summed E-state index contributed by atoms with van der Waals surface area (Å²) in [4.78, 5) is 10.9. The number of anilines is 1. The normalized spacial score (nSPS) is 14.4. The zero-order valence-electron chi connectivity index (χ0n) is 13.4. The van der Waals surface area contributed by atoms with Crippen LogP contribution in [-0.2, 0) is 4.79 Å². The second-order valence-corrected chi connectivity index (χ2v) is 6.27. The van der Waals surface area contributed by atoms with Crippen LogP contribution in [0.15, 0.2) is 24.3 Å². The van der Waals surface area contributed by atoms with Crippen molar-refractivity contribution in [3.8, 4) is 5.75 Å². The molecule has 0 fully saturated rings. The molecule has 21 heavy (non-hydrogen) atoms. The van der Waals surface area contributed by atoms with Gasteiger partial charge < -0.3 is 20.5 Å². The summed E-state index contributed by atoms with van der Waals surface area (Å²) in [6.07, 6.45) is -0.598. The number of aliphatic hydroxyl groups is 1. The minimum absolute atomic E-state index is 0.0552. The van der Waals surface area contributed by atoms with Crippen LogP contribution >= 0.6 is 0 Å². The Hall–Kier alpha value is -1.59. The maximum absolute atomic E-state index is 10.9. The molecule has 118 valence electrons. The number of aliphatic hydroxyl groups excluding tert-OH is 1. The SMILES string of the molecule is CC(=O)Nc1ccc(OCC(O)C(C)NC(C)(C)C)cc1. The van der Waals surface area contributed by atoms with Gasteiger partial charge in [-0.25, -0.2) is 0 Å². The Morgan fingerprint density at radius 2 is 1.86 bits per heavy atom. The molecule has 5 heteroatoms. The zero-order chi connectivity index (χ0) is 16.0. The van der Waals surface area contributed by atoms with Crippen molar-refractivity contribution < 1.29 is 14.6 Å². The highest BCUT2D eigenvalue weighted by Crippen LogP contribution is 2.16. The molecule has 5 nitrogen and oxygen atoms in total. The van der Waals surface area contributed by atoms with E-state index in [0.717, 1.165) is 5.69 Å². The quantitative estimate of drug-likeness (QED) is 0.752. The second-order valence-electron chi connectivity index (χ2n) is 6.27. The average molecular weight is 294 g/mol. The van der Waals surface area contributed by atoms with E-state index in [-0.39, 0.29) is 24.1 Å². The fourth-order valence-electron chi connectivity index (χ4n) is 1.94. The fourth-order valence-corrected chi connectivity index (χ4v) is 1.94. The van der Waals surface area contributed by atoms with E-state index in [9.17, 15) is 9.90 Å². The Kier molecular flexibility index (Phi) is 6.18. The molecule has 0 saturated heterocycles. The van der Waals surface area contributed by atoms with Crippen LogP contribution in [0.25, 0.3) is 0 Å². The van der Waals surface area contributed by atoms with E-state index in [1.54, 1.807) is 24.3 Å². The molecule has 2 unspecified atom stereocenters. The van der Waals surface area contributed by atoms with Gasteiger partial charge in [-0.1, -0.05) is 0 Å². The lowest BCUT2D eigenvalue weighted by molar-refractivity contribution is -0.114. The third-order valence-electron chi connectivity index (χ3n) is 2.83. The monoisotopic (exact) mass is 294 g/mol. The van der Waals surface area contributed by atoms with Crippen molar-refractivity contribution in [1.82, 2.24) is 5.32 Å². The number of hydrogen-bond acceptors (Lipinski definition) is 4. The molecule has 1 amide bonds. The number of hydrogen-bond donors (Lipinski definition) is 3. The Labute approximate surface area is 126 Å². The van der Waals surface area contributed by atoms with Gasteiger partial charge in [-0.15, -0.1) is 0 Å². The van der Waals surface area contributed by atoms with Crippen molar-refractivity contribution in [2.45, 2.75) is 52.3 Å². The van der Waals surface area contributed by atoms with Gasteiger partial charge in [-0.3, -0.25) is 4.79 Å². The lowest BCUT2D eigenvalue weighted by atomic mass is 10.1. The summed E-state index contributed by atoms with van der Waals surface area (Å²) in [6.45, 7) is 9.76. The van der Waals surface area contributed by atoms with E-state index in [1.807, 2.05) is 6.92 Å². The maximum atomic E-state index is 10.9. The summed E-state index contributed by atoms with van der Waals surface area (Å²) in [6, 6.07) is 6.99. The first-order chi connectivity index (χ1) is 9.67. The van der Waals surface area contributed by atoms with E-state index in [2.05, 4.69) is 31.4 Å². The van der Waals surface area contributed by atoms with Gasteiger partial charge in [0.15, 0.2) is 0 Å². The van der Waals surface area contributed by atoms with Crippen molar-refractivity contribution in [3.63, 3.8) is 0 Å². The number of carbonyl (C=O) groups is 1. The molecule has 1 aromatic carbocycles. The van der Waals surface area contributed by atoms with Crippen LogP contribution < -0.4 is 15.4 Å². The molecule has 1 rings (SSSR count). The molecular weight excluding hydrogens is 268 g/mol. The molecule has 0 aromatic heterocycles. The molecule has 1 aromatic rings. The molecule has 0 saturated carbocycles. The smallest absolute Gasteiger partial charge is 0.221 e. The first-order valence-electron chi connectivity index (χ1n) is 7.13. The lowest BCUT2D eigenvalue weighted by Gasteiger charge is -2.29. The first kappa shape index (κ1) is 17.5. The number of benzene rings is 1. The summed E-state index contributed by atoms with van der Waals surface area (Å²) in [5.74, 6) is 0.548. The number of amides is 1. The molecule has 2 atom stereocenters. The van der Waals surface area contributed by atoms with Gasteiger partial charge in [0.1, 0.15) is 18.5 Å². The highest BCUT2D eigenvalue weighted by Gasteiger charge is 2.20. The Bertz CT molecular complexity index is 452. The molecule has 0 bridgehead atoms. The summed E-state index contributed by atoms with van der Waals surface area (Å²) >= 11 is 0. The Balaban J connectivity index is 2.45. The summed E-state index contributed by atoms with van der Waals surface area (Å²) < 4.78 is 5.56. The second kappa shape index (κ2) is 7.43. The largest absolute Gasteiger partial charge is 0.491 e. The highest BCUT2D eigenvalue weighted by atomic mass is 16.5. The van der Waals surface area contributed by atoms with Crippen LogP contribution in [-0.4, -0.2) is 35.3 Å². The van der Waals surface area contributed by atoms with Gasteiger partial charge >= 0.3 is 0 Å². The number of carbonyl (C=O) groups excluding carboxylic acids is 1. The van der Waals surface area contributed by atoms with E-state index >= 15 is 0 Å².